The summed E-state index contributed by atoms with van der Waals surface area (Å²) in [6.45, 7) is 0. The molecule has 1 aliphatic carbocycles. The Labute approximate surface area is 156 Å². The topological polar surface area (TPSA) is 26.3 Å². The molecule has 0 heterocycles. The number of rotatable bonds is 4. The molecule has 0 spiro atoms. The van der Waals surface area contributed by atoms with Crippen LogP contribution in [0.1, 0.15) is 41.6 Å². The van der Waals surface area contributed by atoms with Crippen molar-refractivity contribution >= 4 is 25.4 Å². The summed E-state index contributed by atoms with van der Waals surface area (Å²) < 4.78 is 44.9. The van der Waals surface area contributed by atoms with E-state index < -0.39 is 17.7 Å². The zero-order valence-electron chi connectivity index (χ0n) is 14.0. The molecule has 2 atom stereocenters. The van der Waals surface area contributed by atoms with Gasteiger partial charge < -0.3 is 0 Å². The molecular weight excluding hydrogens is 408 g/mol. The van der Waals surface area contributed by atoms with Gasteiger partial charge in [0.05, 0.1) is 0 Å². The molecule has 26 heavy (non-hydrogen) atoms. The van der Waals surface area contributed by atoms with Crippen molar-refractivity contribution in [3.63, 3.8) is 0 Å². The number of ether oxygens (including phenoxy) is 1. The molecule has 1 fully saturated rings. The zero-order valence-corrected chi connectivity index (χ0v) is 15.8. The van der Waals surface area contributed by atoms with E-state index in [9.17, 15) is 18.0 Å². The van der Waals surface area contributed by atoms with Crippen LogP contribution in [0.15, 0.2) is 54.6 Å². The normalized spacial score (nSPS) is 20.6. The fourth-order valence-corrected chi connectivity index (χ4v) is 5.72. The van der Waals surface area contributed by atoms with Crippen LogP contribution in [-0.4, -0.2) is 27.0 Å². The zero-order chi connectivity index (χ0) is 18.6. The number of halogens is 3. The van der Waals surface area contributed by atoms with E-state index >= 15 is 0 Å². The first-order valence-corrected chi connectivity index (χ1v) is 10.4. The minimum absolute atomic E-state index is 0.162. The average molecular weight is 427 g/mol. The number of esters is 1. The van der Waals surface area contributed by atoms with Gasteiger partial charge in [0.2, 0.25) is 0 Å². The predicted molar refractivity (Wildman–Crippen MR) is 94.7 cm³/mol. The van der Waals surface area contributed by atoms with E-state index in [0.29, 0.717) is 4.82 Å². The second kappa shape index (κ2) is 8.28. The summed E-state index contributed by atoms with van der Waals surface area (Å²) >= 11 is 0.201. The Morgan fingerprint density at radius 3 is 2.27 bits per heavy atom. The summed E-state index contributed by atoms with van der Waals surface area (Å²) in [5, 5.41) is 0. The van der Waals surface area contributed by atoms with Crippen molar-refractivity contribution in [1.29, 1.82) is 0 Å². The fourth-order valence-electron chi connectivity index (χ4n) is 3.01. The van der Waals surface area contributed by atoms with E-state index in [4.69, 9.17) is 4.74 Å². The van der Waals surface area contributed by atoms with Gasteiger partial charge in [0.15, 0.2) is 0 Å². The van der Waals surface area contributed by atoms with Gasteiger partial charge in [0.25, 0.3) is 0 Å². The van der Waals surface area contributed by atoms with Crippen molar-refractivity contribution in [1.82, 2.24) is 0 Å². The molecule has 0 aromatic heterocycles. The molecule has 0 bridgehead atoms. The molecule has 0 aliphatic heterocycles. The van der Waals surface area contributed by atoms with Crippen molar-refractivity contribution in [2.75, 3.05) is 0 Å². The predicted octanol–water partition coefficient (Wildman–Crippen LogP) is 4.62. The number of hydrogen-bond donors (Lipinski definition) is 0. The molecule has 0 N–H and O–H groups in total. The first-order chi connectivity index (χ1) is 12.4. The average Bonchev–Trinajstić information content (AvgIpc) is 2.63. The molecule has 138 valence electrons. The van der Waals surface area contributed by atoms with Crippen LogP contribution in [0.25, 0.3) is 0 Å². The van der Waals surface area contributed by atoms with Crippen LogP contribution in [0.2, 0.25) is 4.82 Å². The summed E-state index contributed by atoms with van der Waals surface area (Å²) in [5.74, 6) is -0.542. The van der Waals surface area contributed by atoms with Crippen LogP contribution in [-0.2, 0) is 10.9 Å². The van der Waals surface area contributed by atoms with Crippen molar-refractivity contribution in [2.24, 2.45) is 0 Å². The van der Waals surface area contributed by atoms with Gasteiger partial charge in [-0.1, -0.05) is 0 Å². The Morgan fingerprint density at radius 2 is 1.62 bits per heavy atom. The summed E-state index contributed by atoms with van der Waals surface area (Å²) in [6.07, 6.45) is -0.626. The maximum atomic E-state index is 12.6. The first kappa shape index (κ1) is 19.0. The molecule has 6 heteroatoms. The van der Waals surface area contributed by atoms with Crippen LogP contribution in [0.4, 0.5) is 13.2 Å². The Balaban J connectivity index is 1.66. The maximum absolute atomic E-state index is 12.6. The molecule has 2 aromatic rings. The summed E-state index contributed by atoms with van der Waals surface area (Å²) in [5.41, 5.74) is -0.605. The van der Waals surface area contributed by atoms with Crippen molar-refractivity contribution < 1.29 is 22.7 Å². The SMILES string of the molecule is O=C(OC1CCCCC1[Se]c1ccccc1)c1ccc(C(F)(F)F)cc1. The molecule has 0 amide bonds. The molecule has 2 aromatic carbocycles. The van der Waals surface area contributed by atoms with Crippen LogP contribution < -0.4 is 4.46 Å². The van der Waals surface area contributed by atoms with Crippen molar-refractivity contribution in [2.45, 2.75) is 42.8 Å². The number of alkyl halides is 3. The molecule has 0 radical (unpaired) electrons. The van der Waals surface area contributed by atoms with Crippen LogP contribution in [0.5, 0.6) is 0 Å². The molecule has 0 saturated heterocycles. The molecular formula is C20H19F3O2Se. The molecule has 2 unspecified atom stereocenters. The molecule has 1 saturated carbocycles. The van der Waals surface area contributed by atoms with Gasteiger partial charge >= 0.3 is 157 Å². The van der Waals surface area contributed by atoms with Gasteiger partial charge in [0.1, 0.15) is 0 Å². The molecule has 3 rings (SSSR count). The Hall–Kier alpha value is -1.78. The standard InChI is InChI=1S/C20H19F3O2Se/c21-20(22,23)15-12-10-14(11-13-15)19(24)25-17-8-4-5-9-18(17)26-16-6-2-1-3-7-16/h1-3,6-7,10-13,17-18H,4-5,8-9H2. The van der Waals surface area contributed by atoms with Gasteiger partial charge in [-0.05, 0) is 0 Å². The van der Waals surface area contributed by atoms with Crippen molar-refractivity contribution in [3.05, 3.63) is 65.7 Å². The fraction of sp³-hybridized carbons (Fsp3) is 0.350. The Bertz CT molecular complexity index is 729. The third-order valence-corrected chi connectivity index (χ3v) is 7.29. The van der Waals surface area contributed by atoms with Gasteiger partial charge in [-0.3, -0.25) is 0 Å². The second-order valence-electron chi connectivity index (χ2n) is 6.27. The number of benzene rings is 2. The van der Waals surface area contributed by atoms with Gasteiger partial charge in [-0.2, -0.15) is 0 Å². The van der Waals surface area contributed by atoms with Gasteiger partial charge in [-0.15, -0.1) is 0 Å². The van der Waals surface area contributed by atoms with Crippen LogP contribution in [0.3, 0.4) is 0 Å². The second-order valence-corrected chi connectivity index (χ2v) is 9.03. The Kier molecular flexibility index (Phi) is 6.05. The van der Waals surface area contributed by atoms with Crippen LogP contribution in [0, 0.1) is 0 Å². The molecule has 1 aliphatic rings. The van der Waals surface area contributed by atoms with E-state index in [1.165, 1.54) is 16.6 Å². The van der Waals surface area contributed by atoms with E-state index in [1.54, 1.807) is 0 Å². The number of hydrogen-bond acceptors (Lipinski definition) is 2. The molecule has 2 nitrogen and oxygen atoms in total. The minimum atomic E-state index is -4.41. The van der Waals surface area contributed by atoms with E-state index in [-0.39, 0.29) is 26.6 Å². The monoisotopic (exact) mass is 428 g/mol. The van der Waals surface area contributed by atoms with Crippen LogP contribution >= 0.6 is 0 Å². The van der Waals surface area contributed by atoms with E-state index in [2.05, 4.69) is 12.1 Å². The third-order valence-electron chi connectivity index (χ3n) is 4.38. The summed E-state index contributed by atoms with van der Waals surface area (Å²) in [7, 11) is 0. The number of carbonyl (C=O) groups excluding carboxylic acids is 1. The summed E-state index contributed by atoms with van der Waals surface area (Å²) in [6, 6.07) is 14.4. The van der Waals surface area contributed by atoms with E-state index in [1.807, 2.05) is 18.2 Å². The van der Waals surface area contributed by atoms with Gasteiger partial charge in [-0.25, -0.2) is 0 Å². The number of carbonyl (C=O) groups is 1. The Morgan fingerprint density at radius 1 is 0.962 bits per heavy atom. The summed E-state index contributed by atoms with van der Waals surface area (Å²) in [4.78, 5) is 12.7. The quantitative estimate of drug-likeness (QED) is 0.526. The van der Waals surface area contributed by atoms with Crippen molar-refractivity contribution in [3.8, 4) is 0 Å². The van der Waals surface area contributed by atoms with Gasteiger partial charge in [0, 0.05) is 0 Å². The first-order valence-electron chi connectivity index (χ1n) is 8.53. The van der Waals surface area contributed by atoms with E-state index in [0.717, 1.165) is 37.8 Å². The third kappa shape index (κ3) is 4.89.